The highest BCUT2D eigenvalue weighted by Crippen LogP contribution is 2.19. The average molecular weight is 275 g/mol. The fraction of sp³-hybridized carbons (Fsp3) is 0.562. The maximum atomic E-state index is 11.1. The second-order valence-corrected chi connectivity index (χ2v) is 5.57. The molecule has 1 aromatic rings. The minimum atomic E-state index is -0.0300. The predicted molar refractivity (Wildman–Crippen MR) is 82.8 cm³/mol. The van der Waals surface area contributed by atoms with Crippen LogP contribution in [0.5, 0.6) is 0 Å². The van der Waals surface area contributed by atoms with E-state index in [1.807, 2.05) is 18.2 Å². The van der Waals surface area contributed by atoms with Crippen molar-refractivity contribution < 1.29 is 4.79 Å². The summed E-state index contributed by atoms with van der Waals surface area (Å²) in [6.45, 7) is 5.94. The highest BCUT2D eigenvalue weighted by molar-refractivity contribution is 5.88. The lowest BCUT2D eigenvalue weighted by molar-refractivity contribution is -0.114. The monoisotopic (exact) mass is 275 g/mol. The van der Waals surface area contributed by atoms with Crippen molar-refractivity contribution in [3.63, 3.8) is 0 Å². The number of carbonyl (C=O) groups is 1. The van der Waals surface area contributed by atoms with Crippen LogP contribution in [0.1, 0.15) is 44.7 Å². The highest BCUT2D eigenvalue weighted by atomic mass is 16.1. The van der Waals surface area contributed by atoms with Gasteiger partial charge in [0.2, 0.25) is 5.91 Å². The number of benzene rings is 1. The number of hydrogen-bond acceptors (Lipinski definition) is 3. The van der Waals surface area contributed by atoms with Crippen LogP contribution >= 0.6 is 0 Å². The summed E-state index contributed by atoms with van der Waals surface area (Å²) in [7, 11) is 0. The van der Waals surface area contributed by atoms with Crippen LogP contribution in [-0.2, 0) is 4.79 Å². The smallest absolute Gasteiger partial charge is 0.221 e. The fourth-order valence-electron chi connectivity index (χ4n) is 2.72. The number of anilines is 1. The zero-order valence-corrected chi connectivity index (χ0v) is 12.4. The molecule has 20 heavy (non-hydrogen) atoms. The fourth-order valence-corrected chi connectivity index (χ4v) is 2.72. The quantitative estimate of drug-likeness (QED) is 0.791. The molecule has 4 nitrogen and oxygen atoms in total. The molecular weight excluding hydrogens is 250 g/mol. The molecule has 0 bridgehead atoms. The summed E-state index contributed by atoms with van der Waals surface area (Å²) in [5.41, 5.74) is 2.08. The molecule has 1 fully saturated rings. The molecule has 2 unspecified atom stereocenters. The first-order chi connectivity index (χ1) is 9.65. The summed E-state index contributed by atoms with van der Waals surface area (Å²) in [5, 5.41) is 9.97. The van der Waals surface area contributed by atoms with Crippen molar-refractivity contribution in [2.75, 3.05) is 18.4 Å². The van der Waals surface area contributed by atoms with E-state index in [2.05, 4.69) is 28.9 Å². The van der Waals surface area contributed by atoms with Crippen LogP contribution in [0.15, 0.2) is 24.3 Å². The molecule has 1 aromatic carbocycles. The number of hydrogen-bond donors (Lipinski definition) is 3. The van der Waals surface area contributed by atoms with E-state index in [-0.39, 0.29) is 5.91 Å². The van der Waals surface area contributed by atoms with Crippen LogP contribution in [0.25, 0.3) is 0 Å². The molecule has 4 heteroatoms. The minimum absolute atomic E-state index is 0.0300. The van der Waals surface area contributed by atoms with Crippen LogP contribution in [0.3, 0.4) is 0 Å². The Morgan fingerprint density at radius 3 is 3.00 bits per heavy atom. The van der Waals surface area contributed by atoms with Crippen LogP contribution in [0.4, 0.5) is 5.69 Å². The van der Waals surface area contributed by atoms with Crippen LogP contribution < -0.4 is 16.0 Å². The molecule has 2 atom stereocenters. The molecule has 2 rings (SSSR count). The Hall–Kier alpha value is -1.39. The van der Waals surface area contributed by atoms with Crippen molar-refractivity contribution in [3.8, 4) is 0 Å². The van der Waals surface area contributed by atoms with Crippen LogP contribution in [0.2, 0.25) is 0 Å². The molecule has 1 aliphatic rings. The van der Waals surface area contributed by atoms with Gasteiger partial charge in [0.05, 0.1) is 0 Å². The molecule has 1 heterocycles. The van der Waals surface area contributed by atoms with Crippen molar-refractivity contribution in [1.29, 1.82) is 0 Å². The Morgan fingerprint density at radius 2 is 2.20 bits per heavy atom. The lowest BCUT2D eigenvalue weighted by Crippen LogP contribution is -2.32. The molecule has 0 saturated carbocycles. The summed E-state index contributed by atoms with van der Waals surface area (Å²) in [6, 6.07) is 8.95. The lowest BCUT2D eigenvalue weighted by Gasteiger charge is -2.22. The summed E-state index contributed by atoms with van der Waals surface area (Å²) >= 11 is 0. The number of amides is 1. The van der Waals surface area contributed by atoms with Gasteiger partial charge in [-0.3, -0.25) is 4.79 Å². The zero-order chi connectivity index (χ0) is 14.4. The molecule has 3 N–H and O–H groups in total. The van der Waals surface area contributed by atoms with E-state index in [1.54, 1.807) is 0 Å². The Balaban J connectivity index is 1.97. The van der Waals surface area contributed by atoms with Gasteiger partial charge >= 0.3 is 0 Å². The molecule has 1 saturated heterocycles. The minimum Gasteiger partial charge on any atom is -0.326 e. The van der Waals surface area contributed by atoms with Crippen molar-refractivity contribution in [1.82, 2.24) is 10.6 Å². The van der Waals surface area contributed by atoms with Crippen molar-refractivity contribution in [2.24, 2.45) is 0 Å². The van der Waals surface area contributed by atoms with Gasteiger partial charge in [-0.25, -0.2) is 0 Å². The maximum Gasteiger partial charge on any atom is 0.221 e. The van der Waals surface area contributed by atoms with Crippen LogP contribution in [-0.4, -0.2) is 25.0 Å². The SMILES string of the molecule is CC(=O)Nc1cccc(C(C)NC2CCCNCC2)c1. The lowest BCUT2D eigenvalue weighted by atomic mass is 10.0. The van der Waals surface area contributed by atoms with Gasteiger partial charge in [0.15, 0.2) is 0 Å². The number of carbonyl (C=O) groups excluding carboxylic acids is 1. The second kappa shape index (κ2) is 7.41. The van der Waals surface area contributed by atoms with E-state index in [1.165, 1.54) is 31.7 Å². The van der Waals surface area contributed by atoms with E-state index in [0.29, 0.717) is 12.1 Å². The Morgan fingerprint density at radius 1 is 1.35 bits per heavy atom. The van der Waals surface area contributed by atoms with Gasteiger partial charge in [0.1, 0.15) is 0 Å². The second-order valence-electron chi connectivity index (χ2n) is 5.57. The van der Waals surface area contributed by atoms with Crippen LogP contribution in [0, 0.1) is 0 Å². The summed E-state index contributed by atoms with van der Waals surface area (Å²) in [4.78, 5) is 11.1. The third kappa shape index (κ3) is 4.62. The standard InChI is InChI=1S/C16H25N3O/c1-12(18-15-7-4-9-17-10-8-15)14-5-3-6-16(11-14)19-13(2)20/h3,5-6,11-12,15,17-18H,4,7-10H2,1-2H3,(H,19,20). The summed E-state index contributed by atoms with van der Waals surface area (Å²) < 4.78 is 0. The van der Waals surface area contributed by atoms with E-state index < -0.39 is 0 Å². The van der Waals surface area contributed by atoms with Gasteiger partial charge in [-0.1, -0.05) is 12.1 Å². The van der Waals surface area contributed by atoms with Gasteiger partial charge in [0, 0.05) is 24.7 Å². The topological polar surface area (TPSA) is 53.2 Å². The predicted octanol–water partition coefficient (Wildman–Crippen LogP) is 2.44. The maximum absolute atomic E-state index is 11.1. The van der Waals surface area contributed by atoms with Gasteiger partial charge in [0.25, 0.3) is 0 Å². The van der Waals surface area contributed by atoms with Crippen molar-refractivity contribution in [3.05, 3.63) is 29.8 Å². The van der Waals surface area contributed by atoms with Gasteiger partial charge in [-0.2, -0.15) is 0 Å². The Labute approximate surface area is 121 Å². The third-order valence-corrected chi connectivity index (χ3v) is 3.77. The van der Waals surface area contributed by atoms with Gasteiger partial charge in [-0.15, -0.1) is 0 Å². The molecule has 0 aromatic heterocycles. The number of nitrogens with one attached hydrogen (secondary N) is 3. The van der Waals surface area contributed by atoms with E-state index in [0.717, 1.165) is 18.8 Å². The largest absolute Gasteiger partial charge is 0.326 e. The zero-order valence-electron chi connectivity index (χ0n) is 12.4. The Kier molecular flexibility index (Phi) is 5.56. The van der Waals surface area contributed by atoms with Gasteiger partial charge in [-0.05, 0) is 57.0 Å². The molecule has 0 radical (unpaired) electrons. The summed E-state index contributed by atoms with van der Waals surface area (Å²) in [5.74, 6) is -0.0300. The van der Waals surface area contributed by atoms with E-state index in [4.69, 9.17) is 0 Å². The normalized spacial score (nSPS) is 21.0. The first kappa shape index (κ1) is 15.0. The number of rotatable bonds is 4. The average Bonchev–Trinajstić information content (AvgIpc) is 2.67. The molecule has 110 valence electrons. The van der Waals surface area contributed by atoms with E-state index >= 15 is 0 Å². The highest BCUT2D eigenvalue weighted by Gasteiger charge is 2.15. The van der Waals surface area contributed by atoms with Crippen molar-refractivity contribution >= 4 is 11.6 Å². The third-order valence-electron chi connectivity index (χ3n) is 3.77. The molecule has 0 spiro atoms. The Bertz CT molecular complexity index is 439. The summed E-state index contributed by atoms with van der Waals surface area (Å²) in [6.07, 6.45) is 3.63. The molecule has 0 aliphatic carbocycles. The first-order valence-corrected chi connectivity index (χ1v) is 7.49. The molecular formula is C16H25N3O. The molecule has 1 aliphatic heterocycles. The molecule has 1 amide bonds. The van der Waals surface area contributed by atoms with E-state index in [9.17, 15) is 4.79 Å². The van der Waals surface area contributed by atoms with Gasteiger partial charge < -0.3 is 16.0 Å². The van der Waals surface area contributed by atoms with Crippen molar-refractivity contribution in [2.45, 2.75) is 45.2 Å². The first-order valence-electron chi connectivity index (χ1n) is 7.49.